The lowest BCUT2D eigenvalue weighted by atomic mass is 10.1. The Balaban J connectivity index is 2.28. The number of aryl methyl sites for hydroxylation is 3. The zero-order valence-corrected chi connectivity index (χ0v) is 12.6. The van der Waals surface area contributed by atoms with Crippen LogP contribution < -0.4 is 4.90 Å². The molecule has 1 aromatic heterocycles. The van der Waals surface area contributed by atoms with Crippen LogP contribution in [0.4, 0.5) is 5.82 Å². The molecule has 1 heterocycles. The summed E-state index contributed by atoms with van der Waals surface area (Å²) < 4.78 is 0. The third-order valence-electron chi connectivity index (χ3n) is 3.51. The number of nitrogens with zero attached hydrogens (tertiary/aromatic N) is 2. The van der Waals surface area contributed by atoms with Gasteiger partial charge in [-0.1, -0.05) is 29.8 Å². The molecule has 2 rings (SSSR count). The second-order valence-corrected chi connectivity index (χ2v) is 5.38. The molecule has 3 nitrogen and oxygen atoms in total. The molecule has 0 atom stereocenters. The highest BCUT2D eigenvalue weighted by molar-refractivity contribution is 5.51. The third-order valence-corrected chi connectivity index (χ3v) is 3.51. The average Bonchev–Trinajstić information content (AvgIpc) is 2.40. The highest BCUT2D eigenvalue weighted by Gasteiger charge is 2.12. The topological polar surface area (TPSA) is 36.4 Å². The number of pyridine rings is 1. The number of aromatic nitrogens is 1. The van der Waals surface area contributed by atoms with E-state index in [1.807, 2.05) is 27.0 Å². The third kappa shape index (κ3) is 3.17. The number of anilines is 1. The standard InChI is InChI=1S/C17H22N2O/c1-12-5-7-15(8-6-12)10-19(4)17-16(11-20)13(2)9-14(3)18-17/h5-9,20H,10-11H2,1-4H3. The quantitative estimate of drug-likeness (QED) is 0.927. The van der Waals surface area contributed by atoms with Gasteiger partial charge in [0.05, 0.1) is 6.61 Å². The molecule has 0 saturated heterocycles. The van der Waals surface area contributed by atoms with Crippen LogP contribution in [0.2, 0.25) is 0 Å². The number of hydrogen-bond donors (Lipinski definition) is 1. The minimum atomic E-state index is 0.0205. The van der Waals surface area contributed by atoms with Gasteiger partial charge < -0.3 is 10.0 Å². The van der Waals surface area contributed by atoms with E-state index in [2.05, 4.69) is 41.1 Å². The number of aliphatic hydroxyl groups excluding tert-OH is 1. The van der Waals surface area contributed by atoms with Crippen LogP contribution in [0, 0.1) is 20.8 Å². The molecule has 0 unspecified atom stereocenters. The van der Waals surface area contributed by atoms with Crippen LogP contribution in [0.3, 0.4) is 0 Å². The Morgan fingerprint density at radius 1 is 1.10 bits per heavy atom. The first-order valence-electron chi connectivity index (χ1n) is 6.86. The van der Waals surface area contributed by atoms with Gasteiger partial charge in [0.2, 0.25) is 0 Å². The first-order valence-corrected chi connectivity index (χ1v) is 6.86. The predicted molar refractivity (Wildman–Crippen MR) is 82.9 cm³/mol. The first-order chi connectivity index (χ1) is 9.51. The van der Waals surface area contributed by atoms with E-state index in [9.17, 15) is 5.11 Å². The van der Waals surface area contributed by atoms with Crippen molar-refractivity contribution in [1.29, 1.82) is 0 Å². The Morgan fingerprint density at radius 3 is 2.35 bits per heavy atom. The second kappa shape index (κ2) is 6.06. The van der Waals surface area contributed by atoms with Crippen molar-refractivity contribution < 1.29 is 5.11 Å². The van der Waals surface area contributed by atoms with E-state index in [1.54, 1.807) is 0 Å². The van der Waals surface area contributed by atoms with Crippen molar-refractivity contribution >= 4 is 5.82 Å². The van der Waals surface area contributed by atoms with Crippen LogP contribution in [0.15, 0.2) is 30.3 Å². The monoisotopic (exact) mass is 270 g/mol. The average molecular weight is 270 g/mol. The molecule has 0 aliphatic rings. The summed E-state index contributed by atoms with van der Waals surface area (Å²) in [4.78, 5) is 6.68. The predicted octanol–water partition coefficient (Wildman–Crippen LogP) is 3.14. The van der Waals surface area contributed by atoms with E-state index in [4.69, 9.17) is 0 Å². The van der Waals surface area contributed by atoms with Gasteiger partial charge in [0.1, 0.15) is 5.82 Å². The van der Waals surface area contributed by atoms with E-state index in [0.717, 1.165) is 29.2 Å². The Labute approximate surface area is 120 Å². The summed E-state index contributed by atoms with van der Waals surface area (Å²) in [5.41, 5.74) is 5.47. The lowest BCUT2D eigenvalue weighted by molar-refractivity contribution is 0.281. The van der Waals surface area contributed by atoms with Gasteiger partial charge in [0.15, 0.2) is 0 Å². The molecule has 0 spiro atoms. The SMILES string of the molecule is Cc1ccc(CN(C)c2nc(C)cc(C)c2CO)cc1. The Hall–Kier alpha value is -1.87. The molecule has 1 aromatic carbocycles. The van der Waals surface area contributed by atoms with Crippen molar-refractivity contribution in [2.24, 2.45) is 0 Å². The highest BCUT2D eigenvalue weighted by atomic mass is 16.3. The van der Waals surface area contributed by atoms with Crippen molar-refractivity contribution in [1.82, 2.24) is 4.98 Å². The molecule has 1 N–H and O–H groups in total. The summed E-state index contributed by atoms with van der Waals surface area (Å²) in [7, 11) is 2.01. The summed E-state index contributed by atoms with van der Waals surface area (Å²) in [6, 6.07) is 10.5. The maximum absolute atomic E-state index is 9.57. The van der Waals surface area contributed by atoms with Crippen LogP contribution in [-0.2, 0) is 13.2 Å². The molecule has 0 saturated carbocycles. The maximum atomic E-state index is 9.57. The fourth-order valence-electron chi connectivity index (χ4n) is 2.40. The normalized spacial score (nSPS) is 10.7. The Bertz CT molecular complexity index is 591. The maximum Gasteiger partial charge on any atom is 0.134 e. The summed E-state index contributed by atoms with van der Waals surface area (Å²) in [6.07, 6.45) is 0. The number of hydrogen-bond acceptors (Lipinski definition) is 3. The molecule has 0 bridgehead atoms. The molecule has 3 heteroatoms. The molecule has 106 valence electrons. The van der Waals surface area contributed by atoms with Crippen LogP contribution in [-0.4, -0.2) is 17.1 Å². The van der Waals surface area contributed by atoms with Gasteiger partial charge in [-0.3, -0.25) is 0 Å². The first kappa shape index (κ1) is 14.5. The largest absolute Gasteiger partial charge is 0.392 e. The van der Waals surface area contributed by atoms with Crippen LogP contribution in [0.5, 0.6) is 0 Å². The highest BCUT2D eigenvalue weighted by Crippen LogP contribution is 2.23. The van der Waals surface area contributed by atoms with E-state index in [-0.39, 0.29) is 6.61 Å². The number of benzene rings is 1. The summed E-state index contributed by atoms with van der Waals surface area (Å²) in [6.45, 7) is 6.89. The molecule has 0 radical (unpaired) electrons. The zero-order valence-electron chi connectivity index (χ0n) is 12.6. The summed E-state index contributed by atoms with van der Waals surface area (Å²) in [5.74, 6) is 0.866. The number of aliphatic hydroxyl groups is 1. The lowest BCUT2D eigenvalue weighted by Gasteiger charge is -2.22. The molecule has 0 fully saturated rings. The van der Waals surface area contributed by atoms with Crippen LogP contribution in [0.25, 0.3) is 0 Å². The van der Waals surface area contributed by atoms with Crippen molar-refractivity contribution in [2.75, 3.05) is 11.9 Å². The minimum absolute atomic E-state index is 0.0205. The van der Waals surface area contributed by atoms with Gasteiger partial charge in [-0.15, -0.1) is 0 Å². The van der Waals surface area contributed by atoms with Gasteiger partial charge in [-0.25, -0.2) is 4.98 Å². The smallest absolute Gasteiger partial charge is 0.134 e. The lowest BCUT2D eigenvalue weighted by Crippen LogP contribution is -2.20. The molecule has 20 heavy (non-hydrogen) atoms. The van der Waals surface area contributed by atoms with Crippen molar-refractivity contribution in [3.05, 3.63) is 58.3 Å². The fraction of sp³-hybridized carbons (Fsp3) is 0.353. The van der Waals surface area contributed by atoms with E-state index in [1.165, 1.54) is 11.1 Å². The molecule has 2 aromatic rings. The van der Waals surface area contributed by atoms with Gasteiger partial charge >= 0.3 is 0 Å². The van der Waals surface area contributed by atoms with E-state index >= 15 is 0 Å². The zero-order chi connectivity index (χ0) is 14.7. The summed E-state index contributed by atoms with van der Waals surface area (Å²) in [5, 5.41) is 9.57. The number of rotatable bonds is 4. The molecule has 0 aliphatic carbocycles. The van der Waals surface area contributed by atoms with Crippen molar-refractivity contribution in [3.8, 4) is 0 Å². The Kier molecular flexibility index (Phi) is 4.40. The van der Waals surface area contributed by atoms with Gasteiger partial charge in [0.25, 0.3) is 0 Å². The molecular weight excluding hydrogens is 248 g/mol. The molecule has 0 amide bonds. The minimum Gasteiger partial charge on any atom is -0.392 e. The second-order valence-electron chi connectivity index (χ2n) is 5.38. The van der Waals surface area contributed by atoms with Gasteiger partial charge in [-0.2, -0.15) is 0 Å². The van der Waals surface area contributed by atoms with Crippen molar-refractivity contribution in [2.45, 2.75) is 33.9 Å². The Morgan fingerprint density at radius 2 is 1.75 bits per heavy atom. The van der Waals surface area contributed by atoms with Gasteiger partial charge in [0, 0.05) is 24.8 Å². The van der Waals surface area contributed by atoms with E-state index in [0.29, 0.717) is 0 Å². The van der Waals surface area contributed by atoms with Crippen molar-refractivity contribution in [3.63, 3.8) is 0 Å². The summed E-state index contributed by atoms with van der Waals surface area (Å²) >= 11 is 0. The van der Waals surface area contributed by atoms with Crippen LogP contribution in [0.1, 0.15) is 27.9 Å². The van der Waals surface area contributed by atoms with Crippen LogP contribution >= 0.6 is 0 Å². The fourth-order valence-corrected chi connectivity index (χ4v) is 2.40. The molecule has 0 aliphatic heterocycles. The van der Waals surface area contributed by atoms with Gasteiger partial charge in [-0.05, 0) is 38.0 Å². The van der Waals surface area contributed by atoms with E-state index < -0.39 is 0 Å². The molecular formula is C17H22N2O.